The van der Waals surface area contributed by atoms with E-state index >= 15 is 0 Å². The molecule has 0 radical (unpaired) electrons. The number of aliphatic hydroxyl groups excluding tert-OH is 1. The molecule has 2 aromatic carbocycles. The molecule has 0 aromatic heterocycles. The van der Waals surface area contributed by atoms with E-state index in [0.29, 0.717) is 25.3 Å². The average molecular weight is 326 g/mol. The van der Waals surface area contributed by atoms with Gasteiger partial charge in [-0.3, -0.25) is 0 Å². The molecule has 0 heterocycles. The molecule has 0 fully saturated rings. The van der Waals surface area contributed by atoms with Gasteiger partial charge in [0.1, 0.15) is 0 Å². The second-order valence-electron chi connectivity index (χ2n) is 5.84. The molecule has 2 amide bonds. The van der Waals surface area contributed by atoms with Gasteiger partial charge in [0.2, 0.25) is 0 Å². The first kappa shape index (κ1) is 16.5. The average Bonchev–Trinajstić information content (AvgIpc) is 2.90. The van der Waals surface area contributed by atoms with Gasteiger partial charge in [-0.1, -0.05) is 42.5 Å². The number of anilines is 1. The summed E-state index contributed by atoms with van der Waals surface area (Å²) in [6, 6.07) is 14.6. The van der Waals surface area contributed by atoms with Crippen molar-refractivity contribution in [3.8, 4) is 0 Å². The van der Waals surface area contributed by atoms with E-state index in [4.69, 9.17) is 4.74 Å². The number of aliphatic hydroxyl groups is 1. The summed E-state index contributed by atoms with van der Waals surface area (Å²) in [6.07, 6.45) is -0.0472. The maximum absolute atomic E-state index is 12.4. The van der Waals surface area contributed by atoms with Crippen LogP contribution >= 0.6 is 0 Å². The molecule has 1 aliphatic rings. The smallest absolute Gasteiger partial charge is 0.319 e. The number of carbonyl (C=O) groups is 1. The number of benzene rings is 2. The number of rotatable bonds is 5. The normalized spacial score (nSPS) is 18.9. The van der Waals surface area contributed by atoms with Crippen LogP contribution in [-0.4, -0.2) is 23.8 Å². The Bertz CT molecular complexity index is 717. The predicted octanol–water partition coefficient (Wildman–Crippen LogP) is 3.00. The van der Waals surface area contributed by atoms with Crippen LogP contribution in [0.25, 0.3) is 0 Å². The molecule has 0 saturated carbocycles. The van der Waals surface area contributed by atoms with Gasteiger partial charge in [-0.05, 0) is 24.1 Å². The first-order chi connectivity index (χ1) is 11.7. The van der Waals surface area contributed by atoms with Gasteiger partial charge in [0.25, 0.3) is 0 Å². The molecule has 5 heteroatoms. The Kier molecular flexibility index (Phi) is 5.13. The molecule has 0 saturated heterocycles. The van der Waals surface area contributed by atoms with E-state index in [-0.39, 0.29) is 12.1 Å². The number of hydrogen-bond donors (Lipinski definition) is 3. The van der Waals surface area contributed by atoms with Crippen molar-refractivity contribution in [2.75, 3.05) is 11.9 Å². The van der Waals surface area contributed by atoms with Crippen molar-refractivity contribution in [3.63, 3.8) is 0 Å². The Morgan fingerprint density at radius 1 is 1.21 bits per heavy atom. The second-order valence-corrected chi connectivity index (χ2v) is 5.84. The van der Waals surface area contributed by atoms with Crippen LogP contribution in [0.15, 0.2) is 48.5 Å². The number of ether oxygens (including phenoxy) is 1. The number of hydrogen-bond acceptors (Lipinski definition) is 3. The van der Waals surface area contributed by atoms with Crippen LogP contribution < -0.4 is 10.6 Å². The fraction of sp³-hybridized carbons (Fsp3) is 0.316. The first-order valence-corrected chi connectivity index (χ1v) is 8.18. The predicted molar refractivity (Wildman–Crippen MR) is 92.8 cm³/mol. The van der Waals surface area contributed by atoms with Gasteiger partial charge in [0, 0.05) is 24.3 Å². The van der Waals surface area contributed by atoms with Crippen LogP contribution in [-0.2, 0) is 17.8 Å². The van der Waals surface area contributed by atoms with Crippen LogP contribution in [0, 0.1) is 0 Å². The molecule has 0 aliphatic heterocycles. The number of carbonyl (C=O) groups excluding carboxylic acids is 1. The summed E-state index contributed by atoms with van der Waals surface area (Å²) >= 11 is 0. The fourth-order valence-corrected chi connectivity index (χ4v) is 3.03. The number of amides is 2. The molecular formula is C19H22N2O3. The molecule has 3 rings (SSSR count). The van der Waals surface area contributed by atoms with Gasteiger partial charge in [-0.25, -0.2) is 4.79 Å². The lowest BCUT2D eigenvalue weighted by Crippen LogP contribution is -2.37. The van der Waals surface area contributed by atoms with E-state index in [1.54, 1.807) is 0 Å². The van der Waals surface area contributed by atoms with E-state index in [0.717, 1.165) is 16.7 Å². The summed E-state index contributed by atoms with van der Waals surface area (Å²) in [4.78, 5) is 12.4. The lowest BCUT2D eigenvalue weighted by Gasteiger charge is -2.19. The van der Waals surface area contributed by atoms with Crippen LogP contribution in [0.1, 0.15) is 29.7 Å². The van der Waals surface area contributed by atoms with Crippen LogP contribution in [0.5, 0.6) is 0 Å². The number of para-hydroxylation sites is 1. The molecule has 1 aliphatic carbocycles. The van der Waals surface area contributed by atoms with Crippen LogP contribution in [0.4, 0.5) is 10.5 Å². The second kappa shape index (κ2) is 7.47. The monoisotopic (exact) mass is 326 g/mol. The maximum atomic E-state index is 12.4. The highest BCUT2D eigenvalue weighted by Gasteiger charge is 2.31. The minimum atomic E-state index is -0.605. The molecule has 2 aromatic rings. The van der Waals surface area contributed by atoms with Gasteiger partial charge in [-0.15, -0.1) is 0 Å². The molecule has 0 bridgehead atoms. The van der Waals surface area contributed by atoms with E-state index in [2.05, 4.69) is 10.6 Å². The van der Waals surface area contributed by atoms with Crippen LogP contribution in [0.2, 0.25) is 0 Å². The summed E-state index contributed by atoms with van der Waals surface area (Å²) in [5, 5.41) is 16.0. The number of urea groups is 1. The topological polar surface area (TPSA) is 70.6 Å². The highest BCUT2D eigenvalue weighted by molar-refractivity contribution is 5.90. The Morgan fingerprint density at radius 3 is 2.79 bits per heavy atom. The zero-order valence-corrected chi connectivity index (χ0v) is 13.7. The van der Waals surface area contributed by atoms with E-state index in [9.17, 15) is 9.90 Å². The molecule has 0 spiro atoms. The lowest BCUT2D eigenvalue weighted by molar-refractivity contribution is 0.134. The third-order valence-corrected chi connectivity index (χ3v) is 4.22. The highest BCUT2D eigenvalue weighted by Crippen LogP contribution is 2.31. The standard InChI is InChI=1S/C19H22N2O3/c1-2-24-12-14-8-4-6-10-16(14)20-19(23)21-18-15-9-5-3-7-13(15)11-17(18)22/h3-10,17-18,22H,2,11-12H2,1H3,(H2,20,21,23)/t17-,18+/m1/s1. The summed E-state index contributed by atoms with van der Waals surface area (Å²) in [6.45, 7) is 3.00. The summed E-state index contributed by atoms with van der Waals surface area (Å²) in [7, 11) is 0. The van der Waals surface area contributed by atoms with E-state index < -0.39 is 6.10 Å². The van der Waals surface area contributed by atoms with Gasteiger partial charge in [0.05, 0.1) is 18.8 Å². The third kappa shape index (κ3) is 3.58. The van der Waals surface area contributed by atoms with Gasteiger partial charge >= 0.3 is 6.03 Å². The van der Waals surface area contributed by atoms with Crippen LogP contribution in [0.3, 0.4) is 0 Å². The summed E-state index contributed by atoms with van der Waals surface area (Å²) < 4.78 is 5.43. The minimum Gasteiger partial charge on any atom is -0.390 e. The van der Waals surface area contributed by atoms with Crippen molar-refractivity contribution in [1.82, 2.24) is 5.32 Å². The molecule has 5 nitrogen and oxygen atoms in total. The zero-order valence-electron chi connectivity index (χ0n) is 13.7. The highest BCUT2D eigenvalue weighted by atomic mass is 16.5. The summed E-state index contributed by atoms with van der Waals surface area (Å²) in [5.74, 6) is 0. The first-order valence-electron chi connectivity index (χ1n) is 8.18. The van der Waals surface area contributed by atoms with Crippen molar-refractivity contribution < 1.29 is 14.6 Å². The number of nitrogens with one attached hydrogen (secondary N) is 2. The fourth-order valence-electron chi connectivity index (χ4n) is 3.03. The van der Waals surface area contributed by atoms with Crippen molar-refractivity contribution in [3.05, 3.63) is 65.2 Å². The molecule has 2 atom stereocenters. The molecule has 126 valence electrons. The van der Waals surface area contributed by atoms with E-state index in [1.807, 2.05) is 55.5 Å². The Labute approximate surface area is 141 Å². The lowest BCUT2D eigenvalue weighted by atomic mass is 10.1. The third-order valence-electron chi connectivity index (χ3n) is 4.22. The van der Waals surface area contributed by atoms with Crippen molar-refractivity contribution in [2.45, 2.75) is 32.1 Å². The maximum Gasteiger partial charge on any atom is 0.319 e. The zero-order chi connectivity index (χ0) is 16.9. The van der Waals surface area contributed by atoms with E-state index in [1.165, 1.54) is 0 Å². The van der Waals surface area contributed by atoms with Crippen molar-refractivity contribution in [1.29, 1.82) is 0 Å². The Morgan fingerprint density at radius 2 is 1.96 bits per heavy atom. The SMILES string of the molecule is CCOCc1ccccc1NC(=O)N[C@H]1c2ccccc2C[C@H]1O. The minimum absolute atomic E-state index is 0.334. The van der Waals surface area contributed by atoms with Gasteiger partial charge in [-0.2, -0.15) is 0 Å². The molecule has 0 unspecified atom stereocenters. The molecule has 24 heavy (non-hydrogen) atoms. The van der Waals surface area contributed by atoms with Gasteiger partial charge in [0.15, 0.2) is 0 Å². The van der Waals surface area contributed by atoms with Crippen molar-refractivity contribution >= 4 is 11.7 Å². The summed E-state index contributed by atoms with van der Waals surface area (Å²) in [5.41, 5.74) is 3.68. The number of fused-ring (bicyclic) bond motifs is 1. The Balaban J connectivity index is 1.68. The largest absolute Gasteiger partial charge is 0.390 e. The molecular weight excluding hydrogens is 304 g/mol. The van der Waals surface area contributed by atoms with Crippen molar-refractivity contribution in [2.24, 2.45) is 0 Å². The van der Waals surface area contributed by atoms with Gasteiger partial charge < -0.3 is 20.5 Å². The Hall–Kier alpha value is -2.37. The molecule has 3 N–H and O–H groups in total. The quantitative estimate of drug-likeness (QED) is 0.791.